The van der Waals surface area contributed by atoms with Crippen molar-refractivity contribution in [3.8, 4) is 0 Å². The molecule has 0 saturated carbocycles. The molecule has 1 amide bonds. The van der Waals surface area contributed by atoms with Crippen LogP contribution in [0, 0.1) is 0 Å². The van der Waals surface area contributed by atoms with Crippen LogP contribution in [0.15, 0.2) is 24.5 Å². The van der Waals surface area contributed by atoms with Crippen molar-refractivity contribution in [2.24, 2.45) is 5.84 Å². The summed E-state index contributed by atoms with van der Waals surface area (Å²) in [4.78, 5) is 15.5. The number of amides is 1. The van der Waals surface area contributed by atoms with E-state index in [1.54, 1.807) is 25.5 Å². The van der Waals surface area contributed by atoms with Crippen LogP contribution in [0.1, 0.15) is 11.6 Å². The number of hydrazine groups is 1. The Bertz CT molecular complexity index is 299. The first kappa shape index (κ1) is 10.6. The zero-order chi connectivity index (χ0) is 10.6. The van der Waals surface area contributed by atoms with Gasteiger partial charge in [-0.25, -0.2) is 5.84 Å². The van der Waals surface area contributed by atoms with Crippen LogP contribution < -0.4 is 11.2 Å². The van der Waals surface area contributed by atoms with E-state index in [9.17, 15) is 4.79 Å². The third kappa shape index (κ3) is 2.27. The van der Waals surface area contributed by atoms with Gasteiger partial charge in [-0.2, -0.15) is 0 Å². The second-order valence-electron chi connectivity index (χ2n) is 2.96. The normalized spacial score (nSPS) is 12.2. The van der Waals surface area contributed by atoms with Crippen molar-refractivity contribution in [2.75, 3.05) is 14.1 Å². The van der Waals surface area contributed by atoms with Crippen molar-refractivity contribution in [3.05, 3.63) is 30.1 Å². The molecule has 0 saturated heterocycles. The zero-order valence-electron chi connectivity index (χ0n) is 8.27. The maximum absolute atomic E-state index is 11.6. The molecule has 76 valence electrons. The van der Waals surface area contributed by atoms with Gasteiger partial charge in [0.15, 0.2) is 0 Å². The summed E-state index contributed by atoms with van der Waals surface area (Å²) < 4.78 is 0. The van der Waals surface area contributed by atoms with Crippen molar-refractivity contribution >= 4 is 5.91 Å². The van der Waals surface area contributed by atoms with Gasteiger partial charge in [-0.05, 0) is 18.7 Å². The first-order valence-corrected chi connectivity index (χ1v) is 4.26. The number of nitrogens with zero attached hydrogens (tertiary/aromatic N) is 2. The molecule has 1 unspecified atom stereocenters. The molecule has 1 atom stereocenters. The Kier molecular flexibility index (Phi) is 3.55. The van der Waals surface area contributed by atoms with Crippen LogP contribution in [0.2, 0.25) is 0 Å². The molecule has 1 aromatic rings. The highest BCUT2D eigenvalue weighted by molar-refractivity contribution is 5.82. The highest BCUT2D eigenvalue weighted by Crippen LogP contribution is 2.11. The first-order chi connectivity index (χ1) is 6.66. The van der Waals surface area contributed by atoms with E-state index in [1.165, 1.54) is 7.05 Å². The van der Waals surface area contributed by atoms with E-state index in [1.807, 2.05) is 6.07 Å². The van der Waals surface area contributed by atoms with Crippen LogP contribution in [0.5, 0.6) is 0 Å². The number of aromatic nitrogens is 1. The minimum Gasteiger partial charge on any atom is -0.305 e. The predicted octanol–water partition coefficient (Wildman–Crippen LogP) is -0.326. The van der Waals surface area contributed by atoms with Crippen molar-refractivity contribution in [2.45, 2.75) is 6.04 Å². The van der Waals surface area contributed by atoms with Gasteiger partial charge in [0.2, 0.25) is 0 Å². The second kappa shape index (κ2) is 4.69. The average Bonchev–Trinajstić information content (AvgIpc) is 2.20. The number of likely N-dealkylation sites (N-methyl/N-ethyl adjacent to an activating group) is 2. The molecule has 1 rings (SSSR count). The molecule has 14 heavy (non-hydrogen) atoms. The summed E-state index contributed by atoms with van der Waals surface area (Å²) in [6, 6.07) is 3.18. The zero-order valence-corrected chi connectivity index (χ0v) is 8.27. The van der Waals surface area contributed by atoms with Gasteiger partial charge in [0.1, 0.15) is 6.04 Å². The van der Waals surface area contributed by atoms with E-state index in [-0.39, 0.29) is 5.91 Å². The van der Waals surface area contributed by atoms with E-state index >= 15 is 0 Å². The van der Waals surface area contributed by atoms with E-state index in [4.69, 9.17) is 5.84 Å². The molecular weight excluding hydrogens is 180 g/mol. The lowest BCUT2D eigenvalue weighted by Gasteiger charge is -2.19. The Morgan fingerprint density at radius 3 is 2.86 bits per heavy atom. The molecule has 5 heteroatoms. The number of carbonyl (C=O) groups excluding carboxylic acids is 1. The second-order valence-corrected chi connectivity index (χ2v) is 2.96. The van der Waals surface area contributed by atoms with E-state index in [2.05, 4.69) is 10.3 Å². The third-order valence-corrected chi connectivity index (χ3v) is 1.90. The Labute approximate surface area is 82.9 Å². The average molecular weight is 194 g/mol. The molecule has 1 heterocycles. The topological polar surface area (TPSA) is 71.2 Å². The highest BCUT2D eigenvalue weighted by Gasteiger charge is 2.20. The molecule has 0 fully saturated rings. The predicted molar refractivity (Wildman–Crippen MR) is 53.0 cm³/mol. The van der Waals surface area contributed by atoms with Gasteiger partial charge in [-0.1, -0.05) is 6.07 Å². The number of nitrogens with one attached hydrogen (secondary N) is 1. The van der Waals surface area contributed by atoms with Crippen LogP contribution in [0.3, 0.4) is 0 Å². The molecule has 0 radical (unpaired) electrons. The summed E-state index contributed by atoms with van der Waals surface area (Å²) in [5.74, 6) is 5.18. The van der Waals surface area contributed by atoms with Crippen LogP contribution >= 0.6 is 0 Å². The Hall–Kier alpha value is -1.46. The summed E-state index contributed by atoms with van der Waals surface area (Å²) in [5.41, 5.74) is 0.803. The fourth-order valence-corrected chi connectivity index (χ4v) is 1.18. The van der Waals surface area contributed by atoms with E-state index in [0.717, 1.165) is 10.6 Å². The van der Waals surface area contributed by atoms with Crippen molar-refractivity contribution < 1.29 is 4.79 Å². The van der Waals surface area contributed by atoms with E-state index < -0.39 is 6.04 Å². The summed E-state index contributed by atoms with van der Waals surface area (Å²) in [7, 11) is 3.22. The Balaban J connectivity index is 2.88. The Morgan fingerprint density at radius 2 is 2.43 bits per heavy atom. The lowest BCUT2D eigenvalue weighted by molar-refractivity contribution is -0.132. The number of nitrogens with two attached hydrogens (primary N) is 1. The maximum Gasteiger partial charge on any atom is 0.257 e. The van der Waals surface area contributed by atoms with Gasteiger partial charge in [0.25, 0.3) is 5.91 Å². The van der Waals surface area contributed by atoms with E-state index in [0.29, 0.717) is 0 Å². The molecule has 5 nitrogen and oxygen atoms in total. The summed E-state index contributed by atoms with van der Waals surface area (Å²) in [6.07, 6.45) is 3.30. The van der Waals surface area contributed by atoms with Crippen molar-refractivity contribution in [1.82, 2.24) is 15.3 Å². The summed E-state index contributed by atoms with van der Waals surface area (Å²) in [6.45, 7) is 0. The van der Waals surface area contributed by atoms with Gasteiger partial charge in [0.05, 0.1) is 0 Å². The summed E-state index contributed by atoms with van der Waals surface area (Å²) in [5, 5.41) is 3.95. The molecule has 1 aromatic heterocycles. The lowest BCUT2D eigenvalue weighted by atomic mass is 10.1. The van der Waals surface area contributed by atoms with Crippen molar-refractivity contribution in [3.63, 3.8) is 0 Å². The minimum absolute atomic E-state index is 0.194. The fourth-order valence-electron chi connectivity index (χ4n) is 1.18. The smallest absolute Gasteiger partial charge is 0.257 e. The van der Waals surface area contributed by atoms with Crippen LogP contribution in [-0.4, -0.2) is 30.0 Å². The maximum atomic E-state index is 11.6. The lowest BCUT2D eigenvalue weighted by Crippen LogP contribution is -2.41. The molecule has 0 aromatic carbocycles. The number of hydrogen-bond donors (Lipinski definition) is 2. The summed E-state index contributed by atoms with van der Waals surface area (Å²) >= 11 is 0. The molecular formula is C9H14N4O. The molecule has 0 aliphatic carbocycles. The Morgan fingerprint density at radius 1 is 1.71 bits per heavy atom. The third-order valence-electron chi connectivity index (χ3n) is 1.90. The largest absolute Gasteiger partial charge is 0.305 e. The number of carbonyl (C=O) groups is 1. The molecule has 0 spiro atoms. The number of pyridine rings is 1. The van der Waals surface area contributed by atoms with Crippen LogP contribution in [0.4, 0.5) is 0 Å². The van der Waals surface area contributed by atoms with Gasteiger partial charge >= 0.3 is 0 Å². The number of hydrogen-bond acceptors (Lipinski definition) is 4. The standard InChI is InChI=1S/C9H14N4O/c1-11-8(9(14)13(2)10)7-4-3-5-12-6-7/h3-6,8,11H,10H2,1-2H3. The highest BCUT2D eigenvalue weighted by atomic mass is 16.2. The monoisotopic (exact) mass is 194 g/mol. The molecule has 0 aliphatic heterocycles. The van der Waals surface area contributed by atoms with Crippen LogP contribution in [-0.2, 0) is 4.79 Å². The molecule has 0 bridgehead atoms. The first-order valence-electron chi connectivity index (χ1n) is 4.26. The van der Waals surface area contributed by atoms with Crippen LogP contribution in [0.25, 0.3) is 0 Å². The SMILES string of the molecule is CNC(C(=O)N(C)N)c1cccnc1. The van der Waals surface area contributed by atoms with Gasteiger partial charge in [0, 0.05) is 19.4 Å². The van der Waals surface area contributed by atoms with Gasteiger partial charge < -0.3 is 5.32 Å². The molecule has 3 N–H and O–H groups in total. The number of rotatable bonds is 3. The molecule has 0 aliphatic rings. The quantitative estimate of drug-likeness (QED) is 0.393. The van der Waals surface area contributed by atoms with Crippen molar-refractivity contribution in [1.29, 1.82) is 0 Å². The fraction of sp³-hybridized carbons (Fsp3) is 0.333. The van der Waals surface area contributed by atoms with Gasteiger partial charge in [-0.15, -0.1) is 0 Å². The van der Waals surface area contributed by atoms with Gasteiger partial charge in [-0.3, -0.25) is 14.8 Å². The minimum atomic E-state index is -0.432.